The highest BCUT2D eigenvalue weighted by Crippen LogP contribution is 2.39. The molecule has 0 fully saturated rings. The van der Waals surface area contributed by atoms with E-state index in [0.29, 0.717) is 0 Å². The molecular weight excluding hydrogens is 362 g/mol. The number of ether oxygens (including phenoxy) is 1. The van der Waals surface area contributed by atoms with E-state index in [9.17, 15) is 4.79 Å². The molecule has 1 aliphatic rings. The monoisotopic (exact) mass is 385 g/mol. The number of hydrogen-bond donors (Lipinski definition) is 1. The van der Waals surface area contributed by atoms with Crippen LogP contribution in [0.15, 0.2) is 78.9 Å². The number of aliphatic carboxylic acids is 1. The summed E-state index contributed by atoms with van der Waals surface area (Å²) < 4.78 is 5.43. The minimum atomic E-state index is -0.945. The number of fused-ring (bicyclic) bond motifs is 1. The minimum absolute atomic E-state index is 0.0876. The quantitative estimate of drug-likeness (QED) is 0.632. The molecule has 1 heterocycles. The van der Waals surface area contributed by atoms with Gasteiger partial charge in [-0.3, -0.25) is 0 Å². The molecule has 1 atom stereocenters. The first kappa shape index (κ1) is 18.8. The molecule has 0 aromatic heterocycles. The van der Waals surface area contributed by atoms with Crippen molar-refractivity contribution in [1.82, 2.24) is 0 Å². The Balaban J connectivity index is 1.76. The Labute approximate surface area is 170 Å². The lowest BCUT2D eigenvalue weighted by Gasteiger charge is -2.39. The Morgan fingerprint density at radius 3 is 2.52 bits per heavy atom. The fourth-order valence-electron chi connectivity index (χ4n) is 3.94. The van der Waals surface area contributed by atoms with Gasteiger partial charge >= 0.3 is 5.97 Å². The van der Waals surface area contributed by atoms with Crippen LogP contribution in [0.4, 0.5) is 5.69 Å². The summed E-state index contributed by atoms with van der Waals surface area (Å²) >= 11 is 0. The van der Waals surface area contributed by atoms with Crippen LogP contribution in [-0.4, -0.2) is 24.7 Å². The second kappa shape index (κ2) is 8.23. The van der Waals surface area contributed by atoms with Crippen LogP contribution < -0.4 is 9.64 Å². The highest BCUT2D eigenvalue weighted by Gasteiger charge is 2.29. The molecule has 146 valence electrons. The molecule has 0 radical (unpaired) electrons. The van der Waals surface area contributed by atoms with Gasteiger partial charge in [-0.1, -0.05) is 48.5 Å². The topological polar surface area (TPSA) is 49.8 Å². The Hall–Kier alpha value is -3.53. The van der Waals surface area contributed by atoms with E-state index in [-0.39, 0.29) is 6.04 Å². The molecule has 0 amide bonds. The van der Waals surface area contributed by atoms with Gasteiger partial charge in [0.05, 0.1) is 13.2 Å². The van der Waals surface area contributed by atoms with Gasteiger partial charge in [0.25, 0.3) is 0 Å². The summed E-state index contributed by atoms with van der Waals surface area (Å²) in [7, 11) is 1.70. The predicted molar refractivity (Wildman–Crippen MR) is 115 cm³/mol. The molecule has 4 rings (SSSR count). The van der Waals surface area contributed by atoms with Crippen molar-refractivity contribution in [1.29, 1.82) is 0 Å². The Morgan fingerprint density at radius 1 is 1.07 bits per heavy atom. The minimum Gasteiger partial charge on any atom is -0.497 e. The van der Waals surface area contributed by atoms with Gasteiger partial charge in [-0.2, -0.15) is 0 Å². The van der Waals surface area contributed by atoms with Crippen LogP contribution in [0.5, 0.6) is 5.75 Å². The number of anilines is 1. The van der Waals surface area contributed by atoms with Gasteiger partial charge in [0.2, 0.25) is 0 Å². The van der Waals surface area contributed by atoms with Crippen molar-refractivity contribution < 1.29 is 14.6 Å². The van der Waals surface area contributed by atoms with Gasteiger partial charge in [0.15, 0.2) is 0 Å². The largest absolute Gasteiger partial charge is 0.497 e. The van der Waals surface area contributed by atoms with Gasteiger partial charge in [-0.05, 0) is 59.0 Å². The summed E-state index contributed by atoms with van der Waals surface area (Å²) in [6.07, 6.45) is 3.73. The molecule has 1 unspecified atom stereocenters. The molecule has 1 aliphatic heterocycles. The molecule has 0 aliphatic carbocycles. The first-order valence-electron chi connectivity index (χ1n) is 9.65. The maximum absolute atomic E-state index is 10.8. The standard InChI is InChI=1S/C25H23NO3/c1-29-22-12-13-23-20(17-22)15-16-26(21-5-3-2-4-6-21)25(23)19-10-7-18(8-11-19)9-14-24(27)28/h2-14,17,25H,15-16H2,1H3,(H,27,28)/b14-9+. The Morgan fingerprint density at radius 2 is 1.83 bits per heavy atom. The maximum Gasteiger partial charge on any atom is 0.328 e. The summed E-state index contributed by atoms with van der Waals surface area (Å²) in [6.45, 7) is 0.912. The smallest absolute Gasteiger partial charge is 0.328 e. The van der Waals surface area contributed by atoms with Crippen molar-refractivity contribution >= 4 is 17.7 Å². The third-order valence-electron chi connectivity index (χ3n) is 5.34. The summed E-state index contributed by atoms with van der Waals surface area (Å²) in [5.41, 5.74) is 5.81. The van der Waals surface area contributed by atoms with E-state index in [1.165, 1.54) is 22.4 Å². The number of hydrogen-bond acceptors (Lipinski definition) is 3. The Bertz CT molecular complexity index is 1030. The average molecular weight is 385 g/mol. The van der Waals surface area contributed by atoms with Crippen molar-refractivity contribution in [3.05, 3.63) is 101 Å². The van der Waals surface area contributed by atoms with E-state index in [4.69, 9.17) is 9.84 Å². The second-order valence-electron chi connectivity index (χ2n) is 7.08. The number of rotatable bonds is 5. The molecule has 0 saturated carbocycles. The molecule has 3 aromatic rings. The van der Waals surface area contributed by atoms with Crippen molar-refractivity contribution in [3.63, 3.8) is 0 Å². The first-order chi connectivity index (χ1) is 14.2. The molecule has 3 aromatic carbocycles. The molecule has 1 N–H and O–H groups in total. The van der Waals surface area contributed by atoms with Gasteiger partial charge in [0, 0.05) is 18.3 Å². The van der Waals surface area contributed by atoms with Crippen LogP contribution in [0, 0.1) is 0 Å². The van der Waals surface area contributed by atoms with Crippen molar-refractivity contribution in [2.24, 2.45) is 0 Å². The summed E-state index contributed by atoms with van der Waals surface area (Å²) in [4.78, 5) is 13.2. The number of para-hydroxylation sites is 1. The zero-order valence-corrected chi connectivity index (χ0v) is 16.3. The average Bonchev–Trinajstić information content (AvgIpc) is 2.77. The van der Waals surface area contributed by atoms with E-state index in [2.05, 4.69) is 53.4 Å². The summed E-state index contributed by atoms with van der Waals surface area (Å²) in [6, 6.07) is 25.0. The third kappa shape index (κ3) is 4.02. The van der Waals surface area contributed by atoms with Gasteiger partial charge in [0.1, 0.15) is 5.75 Å². The van der Waals surface area contributed by atoms with Crippen LogP contribution in [0.1, 0.15) is 28.3 Å². The van der Waals surface area contributed by atoms with Crippen molar-refractivity contribution in [2.45, 2.75) is 12.5 Å². The van der Waals surface area contributed by atoms with Gasteiger partial charge < -0.3 is 14.7 Å². The van der Waals surface area contributed by atoms with E-state index in [0.717, 1.165) is 30.4 Å². The zero-order chi connectivity index (χ0) is 20.2. The van der Waals surface area contributed by atoms with E-state index >= 15 is 0 Å². The number of benzene rings is 3. The normalized spacial score (nSPS) is 15.9. The van der Waals surface area contributed by atoms with Crippen LogP contribution in [0.25, 0.3) is 6.08 Å². The van der Waals surface area contributed by atoms with E-state index in [1.807, 2.05) is 24.3 Å². The van der Waals surface area contributed by atoms with Crippen LogP contribution in [0.3, 0.4) is 0 Å². The lowest BCUT2D eigenvalue weighted by Crippen LogP contribution is -2.36. The highest BCUT2D eigenvalue weighted by atomic mass is 16.5. The molecule has 4 heteroatoms. The van der Waals surface area contributed by atoms with Gasteiger partial charge in [-0.25, -0.2) is 4.79 Å². The SMILES string of the molecule is COc1ccc2c(c1)CCN(c1ccccc1)C2c1ccc(/C=C/C(=O)O)cc1. The van der Waals surface area contributed by atoms with Crippen LogP contribution >= 0.6 is 0 Å². The zero-order valence-electron chi connectivity index (χ0n) is 16.3. The molecular formula is C25H23NO3. The summed E-state index contributed by atoms with van der Waals surface area (Å²) in [5.74, 6) is -0.0655. The van der Waals surface area contributed by atoms with E-state index < -0.39 is 5.97 Å². The fourth-order valence-corrected chi connectivity index (χ4v) is 3.94. The number of carboxylic acids is 1. The van der Waals surface area contributed by atoms with Gasteiger partial charge in [-0.15, -0.1) is 0 Å². The molecule has 29 heavy (non-hydrogen) atoms. The lowest BCUT2D eigenvalue weighted by molar-refractivity contribution is -0.131. The highest BCUT2D eigenvalue weighted by molar-refractivity contribution is 5.85. The number of methoxy groups -OCH3 is 1. The second-order valence-corrected chi connectivity index (χ2v) is 7.08. The first-order valence-corrected chi connectivity index (χ1v) is 9.65. The number of nitrogens with zero attached hydrogens (tertiary/aromatic N) is 1. The number of carbonyl (C=O) groups is 1. The predicted octanol–water partition coefficient (Wildman–Crippen LogP) is 4.95. The maximum atomic E-state index is 10.8. The fraction of sp³-hybridized carbons (Fsp3) is 0.160. The van der Waals surface area contributed by atoms with E-state index in [1.54, 1.807) is 13.2 Å². The van der Waals surface area contributed by atoms with Crippen LogP contribution in [-0.2, 0) is 11.2 Å². The van der Waals surface area contributed by atoms with Crippen molar-refractivity contribution in [3.8, 4) is 5.75 Å². The number of carboxylic acid groups (broad SMARTS) is 1. The van der Waals surface area contributed by atoms with Crippen LogP contribution in [0.2, 0.25) is 0 Å². The molecule has 0 bridgehead atoms. The molecule has 0 saturated heterocycles. The Kier molecular flexibility index (Phi) is 5.34. The lowest BCUT2D eigenvalue weighted by atomic mass is 9.87. The molecule has 4 nitrogen and oxygen atoms in total. The summed E-state index contributed by atoms with van der Waals surface area (Å²) in [5, 5.41) is 8.84. The third-order valence-corrected chi connectivity index (χ3v) is 5.34. The van der Waals surface area contributed by atoms with Crippen molar-refractivity contribution in [2.75, 3.05) is 18.6 Å². The molecule has 0 spiro atoms.